The normalized spacial score (nSPS) is 23.1. The highest BCUT2D eigenvalue weighted by molar-refractivity contribution is 6.30. The zero-order chi connectivity index (χ0) is 31.5. The second-order valence-corrected chi connectivity index (χ2v) is 12.5. The first-order valence-electron chi connectivity index (χ1n) is 16.8. The molecule has 0 amide bonds. The number of nitrogens with two attached hydrogens (primary N) is 1. The van der Waals surface area contributed by atoms with Crippen molar-refractivity contribution in [1.82, 2.24) is 4.90 Å². The molecule has 0 saturated heterocycles. The van der Waals surface area contributed by atoms with Gasteiger partial charge in [-0.05, 0) is 80.2 Å². The molecule has 0 radical (unpaired) electrons. The molecule has 1 aliphatic heterocycles. The summed E-state index contributed by atoms with van der Waals surface area (Å²) in [6.45, 7) is 20.4. The Kier molecular flexibility index (Phi) is 18.6. The van der Waals surface area contributed by atoms with E-state index in [1.54, 1.807) is 34.9 Å². The van der Waals surface area contributed by atoms with Crippen molar-refractivity contribution in [1.29, 1.82) is 0 Å². The molecule has 1 fully saturated rings. The Labute approximate surface area is 265 Å². The van der Waals surface area contributed by atoms with Crippen LogP contribution in [0.5, 0.6) is 0 Å². The van der Waals surface area contributed by atoms with Gasteiger partial charge in [0.1, 0.15) is 0 Å². The van der Waals surface area contributed by atoms with Crippen LogP contribution in [0.4, 0.5) is 5.69 Å². The van der Waals surface area contributed by atoms with Crippen LogP contribution in [0.3, 0.4) is 0 Å². The van der Waals surface area contributed by atoms with Gasteiger partial charge in [-0.15, -0.1) is 13.2 Å². The second kappa shape index (κ2) is 20.7. The van der Waals surface area contributed by atoms with E-state index in [-0.39, 0.29) is 5.41 Å². The van der Waals surface area contributed by atoms with Gasteiger partial charge in [0.2, 0.25) is 0 Å². The van der Waals surface area contributed by atoms with Crippen LogP contribution in [0.2, 0.25) is 5.02 Å². The van der Waals surface area contributed by atoms with Crippen molar-refractivity contribution in [3.05, 3.63) is 89.2 Å². The maximum Gasteiger partial charge on any atom is 0.0426 e. The molecule has 2 N–H and O–H groups in total. The summed E-state index contributed by atoms with van der Waals surface area (Å²) in [4.78, 5) is 2.50. The number of rotatable bonds is 4. The number of likely N-dealkylation sites (N-methyl/N-ethyl adjacent to an activating group) is 1. The number of hydrogen-bond acceptors (Lipinski definition) is 2. The Morgan fingerprint density at radius 2 is 1.67 bits per heavy atom. The van der Waals surface area contributed by atoms with Crippen molar-refractivity contribution in [3.63, 3.8) is 0 Å². The summed E-state index contributed by atoms with van der Waals surface area (Å²) in [5.74, 6) is 1.73. The Hall–Kier alpha value is -2.19. The Balaban J connectivity index is 0.000000457. The quantitative estimate of drug-likeness (QED) is 0.277. The number of unbranched alkanes of at least 4 members (excludes halogenated alkanes) is 1. The molecule has 236 valence electrons. The van der Waals surface area contributed by atoms with Crippen LogP contribution >= 0.6 is 11.6 Å². The smallest absolute Gasteiger partial charge is 0.0426 e. The summed E-state index contributed by atoms with van der Waals surface area (Å²) in [6.07, 6.45) is 26.3. The van der Waals surface area contributed by atoms with Gasteiger partial charge in [0.15, 0.2) is 0 Å². The molecule has 0 spiro atoms. The van der Waals surface area contributed by atoms with Crippen molar-refractivity contribution in [2.75, 3.05) is 19.3 Å². The third-order valence-corrected chi connectivity index (χ3v) is 9.24. The molecule has 0 bridgehead atoms. The lowest BCUT2D eigenvalue weighted by Gasteiger charge is -2.42. The lowest BCUT2D eigenvalue weighted by molar-refractivity contribution is 0.282. The molecule has 1 heterocycles. The summed E-state index contributed by atoms with van der Waals surface area (Å²) in [7, 11) is 2.28. The molecule has 4 aliphatic rings. The molecule has 0 aromatic heterocycles. The van der Waals surface area contributed by atoms with E-state index < -0.39 is 0 Å². The fourth-order valence-corrected chi connectivity index (χ4v) is 6.59. The maximum absolute atomic E-state index is 5.56. The monoisotopic (exact) mass is 594 g/mol. The number of benzene rings is 1. The van der Waals surface area contributed by atoms with Crippen LogP contribution in [-0.2, 0) is 0 Å². The predicted octanol–water partition coefficient (Wildman–Crippen LogP) is 12.4. The van der Waals surface area contributed by atoms with Crippen LogP contribution in [0.1, 0.15) is 119 Å². The van der Waals surface area contributed by atoms with Crippen LogP contribution in [0.15, 0.2) is 84.1 Å². The molecule has 3 aliphatic carbocycles. The summed E-state index contributed by atoms with van der Waals surface area (Å²) in [5.41, 5.74) is 13.0. The third kappa shape index (κ3) is 11.8. The van der Waals surface area contributed by atoms with Gasteiger partial charge >= 0.3 is 0 Å². The average molecular weight is 595 g/mol. The molecule has 2 unspecified atom stereocenters. The van der Waals surface area contributed by atoms with Gasteiger partial charge in [-0.2, -0.15) is 0 Å². The Morgan fingerprint density at radius 3 is 2.17 bits per heavy atom. The van der Waals surface area contributed by atoms with E-state index in [0.29, 0.717) is 10.7 Å². The third-order valence-electron chi connectivity index (χ3n) is 9.00. The van der Waals surface area contributed by atoms with E-state index in [2.05, 4.69) is 77.1 Å². The number of anilines is 1. The molecular formula is C39H63ClN2. The zero-order valence-electron chi connectivity index (χ0n) is 28.3. The fourth-order valence-electron chi connectivity index (χ4n) is 6.39. The molecule has 3 heteroatoms. The van der Waals surface area contributed by atoms with Gasteiger partial charge < -0.3 is 10.6 Å². The van der Waals surface area contributed by atoms with Gasteiger partial charge in [0.05, 0.1) is 0 Å². The van der Waals surface area contributed by atoms with Gasteiger partial charge in [-0.3, -0.25) is 0 Å². The van der Waals surface area contributed by atoms with Crippen molar-refractivity contribution in [2.24, 2.45) is 17.3 Å². The summed E-state index contributed by atoms with van der Waals surface area (Å²) in [5, 5.41) is 0.685. The van der Waals surface area contributed by atoms with Crippen molar-refractivity contribution in [2.45, 2.75) is 119 Å². The highest BCUT2D eigenvalue weighted by Crippen LogP contribution is 2.47. The largest absolute Gasteiger partial charge is 0.399 e. The first-order valence-corrected chi connectivity index (χ1v) is 17.2. The zero-order valence-corrected chi connectivity index (χ0v) is 29.0. The molecule has 5 rings (SSSR count). The molecule has 1 saturated carbocycles. The minimum Gasteiger partial charge on any atom is -0.399 e. The molecule has 1 aromatic rings. The van der Waals surface area contributed by atoms with Crippen LogP contribution in [0.25, 0.3) is 0 Å². The van der Waals surface area contributed by atoms with Crippen molar-refractivity contribution >= 4 is 17.3 Å². The van der Waals surface area contributed by atoms with E-state index >= 15 is 0 Å². The standard InChI is InChI=1S/C25H37N.C6H6ClN.C4H10.C2H6.C2H4/c1-4-19-16-22-17-25(2,15-14-24(22)26(3)18-19)23-12-10-21(11-13-23)20-8-6-5-7-9-20;7-5-2-1-3-6(8)4-5;1-3-4-2;2*1-2/h10,12,14-15,19-20H,4-9,11,13,16-18H2,1-3H3;1-4H,8H2;3-4H2,1-2H3;1-2H3;1-2H2. The lowest BCUT2D eigenvalue weighted by atomic mass is 9.68. The molecular weight excluding hydrogens is 532 g/mol. The number of nitrogen functional groups attached to an aromatic ring is 1. The summed E-state index contributed by atoms with van der Waals surface area (Å²) < 4.78 is 0. The van der Waals surface area contributed by atoms with Gasteiger partial charge in [-0.1, -0.05) is 127 Å². The number of nitrogens with zero attached hydrogens (tertiary/aromatic N) is 1. The van der Waals surface area contributed by atoms with Crippen molar-refractivity contribution in [3.8, 4) is 0 Å². The molecule has 2 nitrogen and oxygen atoms in total. The predicted molar refractivity (Wildman–Crippen MR) is 191 cm³/mol. The molecule has 42 heavy (non-hydrogen) atoms. The van der Waals surface area contributed by atoms with Crippen LogP contribution < -0.4 is 5.73 Å². The summed E-state index contributed by atoms with van der Waals surface area (Å²) >= 11 is 5.56. The van der Waals surface area contributed by atoms with E-state index in [9.17, 15) is 0 Å². The minimum atomic E-state index is 0.240. The van der Waals surface area contributed by atoms with Gasteiger partial charge in [0.25, 0.3) is 0 Å². The topological polar surface area (TPSA) is 29.3 Å². The van der Waals surface area contributed by atoms with Gasteiger partial charge in [-0.25, -0.2) is 0 Å². The first-order chi connectivity index (χ1) is 20.3. The average Bonchev–Trinajstić information content (AvgIpc) is 3.03. The fraction of sp³-hybridized carbons (Fsp3) is 0.590. The number of hydrogen-bond donors (Lipinski definition) is 1. The van der Waals surface area contributed by atoms with Gasteiger partial charge in [0, 0.05) is 35.4 Å². The van der Waals surface area contributed by atoms with E-state index in [4.69, 9.17) is 17.3 Å². The Bertz CT molecular complexity index is 1010. The number of allylic oxidation sites excluding steroid dienone is 7. The Morgan fingerprint density at radius 1 is 1.00 bits per heavy atom. The maximum atomic E-state index is 5.56. The minimum absolute atomic E-state index is 0.240. The van der Waals surface area contributed by atoms with E-state index in [1.807, 2.05) is 19.9 Å². The summed E-state index contributed by atoms with van der Waals surface area (Å²) in [6, 6.07) is 7.11. The SMILES string of the molecule is C=C.CC.CCC1CC2=C(C=CC(C)(C3=CC=C(C4CCCCC4)CC3)C2)N(C)C1.CCCC.Nc1cccc(Cl)c1. The number of halogens is 1. The highest BCUT2D eigenvalue weighted by atomic mass is 35.5. The van der Waals surface area contributed by atoms with Crippen LogP contribution in [-0.4, -0.2) is 18.5 Å². The highest BCUT2D eigenvalue weighted by Gasteiger charge is 2.35. The first kappa shape index (κ1) is 37.8. The van der Waals surface area contributed by atoms with Crippen LogP contribution in [0, 0.1) is 17.3 Å². The van der Waals surface area contributed by atoms with E-state index in [0.717, 1.165) is 11.8 Å². The van der Waals surface area contributed by atoms with E-state index in [1.165, 1.54) is 89.3 Å². The van der Waals surface area contributed by atoms with Crippen molar-refractivity contribution < 1.29 is 0 Å². The second-order valence-electron chi connectivity index (χ2n) is 12.1. The lowest BCUT2D eigenvalue weighted by Crippen LogP contribution is -2.34. The molecule has 1 aromatic carbocycles. The molecule has 2 atom stereocenters.